The summed E-state index contributed by atoms with van der Waals surface area (Å²) in [4.78, 5) is 0. The second kappa shape index (κ2) is 6.09. The minimum absolute atomic E-state index is 0.330. The van der Waals surface area contributed by atoms with Crippen molar-refractivity contribution in [1.29, 1.82) is 0 Å². The number of halogens is 2. The first-order chi connectivity index (χ1) is 10.2. The Labute approximate surface area is 139 Å². The molecule has 0 bridgehead atoms. The van der Waals surface area contributed by atoms with Crippen molar-refractivity contribution in [3.63, 3.8) is 0 Å². The van der Waals surface area contributed by atoms with Gasteiger partial charge in [0, 0.05) is 20.2 Å². The summed E-state index contributed by atoms with van der Waals surface area (Å²) in [6.45, 7) is 0.330. The number of hydrogen-bond donors (Lipinski definition) is 1. The van der Waals surface area contributed by atoms with Gasteiger partial charge in [0.05, 0.1) is 6.54 Å². The topological polar surface area (TPSA) is 56.7 Å². The molecule has 0 aliphatic heterocycles. The molecule has 0 saturated heterocycles. The van der Waals surface area contributed by atoms with Crippen molar-refractivity contribution in [3.05, 3.63) is 63.3 Å². The average molecular weight is 408 g/mol. The van der Waals surface area contributed by atoms with Gasteiger partial charge in [0.2, 0.25) is 0 Å². The maximum absolute atomic E-state index is 5.80. The predicted octanol–water partition coefficient (Wildman–Crippen LogP) is 3.92. The highest BCUT2D eigenvalue weighted by atomic mass is 79.9. The molecule has 4 nitrogen and oxygen atoms in total. The standard InChI is InChI=1S/C15H12Br2N4/c16-11-6-10(7-12(17)8-11)15-20-19-14(9-18)21(15)13-4-2-1-3-5-13/h1-8H,9,18H2. The number of nitrogens with two attached hydrogens (primary N) is 1. The van der Waals surface area contributed by atoms with Gasteiger partial charge >= 0.3 is 0 Å². The maximum Gasteiger partial charge on any atom is 0.168 e. The zero-order valence-corrected chi connectivity index (χ0v) is 14.2. The van der Waals surface area contributed by atoms with Crippen LogP contribution in [0.15, 0.2) is 57.5 Å². The van der Waals surface area contributed by atoms with Crippen molar-refractivity contribution in [3.8, 4) is 17.1 Å². The molecule has 21 heavy (non-hydrogen) atoms. The summed E-state index contributed by atoms with van der Waals surface area (Å²) < 4.78 is 3.93. The molecule has 3 aromatic rings. The van der Waals surface area contributed by atoms with E-state index in [4.69, 9.17) is 5.73 Å². The van der Waals surface area contributed by atoms with Crippen molar-refractivity contribution in [2.75, 3.05) is 0 Å². The van der Waals surface area contributed by atoms with Gasteiger partial charge in [-0.2, -0.15) is 0 Å². The zero-order chi connectivity index (χ0) is 14.8. The Morgan fingerprint density at radius 1 is 0.952 bits per heavy atom. The highest BCUT2D eigenvalue weighted by Gasteiger charge is 2.15. The fraction of sp³-hybridized carbons (Fsp3) is 0.0667. The van der Waals surface area contributed by atoms with Gasteiger partial charge in [-0.05, 0) is 30.3 Å². The monoisotopic (exact) mass is 406 g/mol. The molecule has 0 aliphatic carbocycles. The molecule has 0 atom stereocenters. The lowest BCUT2D eigenvalue weighted by Gasteiger charge is -2.10. The summed E-state index contributed by atoms with van der Waals surface area (Å²) in [5.74, 6) is 1.50. The van der Waals surface area contributed by atoms with Gasteiger partial charge in [0.25, 0.3) is 0 Å². The molecular formula is C15H12Br2N4. The van der Waals surface area contributed by atoms with Crippen molar-refractivity contribution >= 4 is 31.9 Å². The smallest absolute Gasteiger partial charge is 0.168 e. The van der Waals surface area contributed by atoms with Gasteiger partial charge in [-0.1, -0.05) is 50.1 Å². The van der Waals surface area contributed by atoms with Crippen LogP contribution in [0, 0.1) is 0 Å². The lowest BCUT2D eigenvalue weighted by atomic mass is 10.2. The molecular weight excluding hydrogens is 396 g/mol. The number of rotatable bonds is 3. The van der Waals surface area contributed by atoms with E-state index in [9.17, 15) is 0 Å². The van der Waals surface area contributed by atoms with Crippen molar-refractivity contribution in [2.24, 2.45) is 5.73 Å². The van der Waals surface area contributed by atoms with Gasteiger partial charge in [-0.25, -0.2) is 0 Å². The van der Waals surface area contributed by atoms with E-state index in [1.807, 2.05) is 53.1 Å². The van der Waals surface area contributed by atoms with E-state index in [-0.39, 0.29) is 0 Å². The number of hydrogen-bond acceptors (Lipinski definition) is 3. The number of benzene rings is 2. The first-order valence-corrected chi connectivity index (χ1v) is 7.94. The lowest BCUT2D eigenvalue weighted by molar-refractivity contribution is 0.861. The van der Waals surface area contributed by atoms with E-state index < -0.39 is 0 Å². The first-order valence-electron chi connectivity index (χ1n) is 6.35. The van der Waals surface area contributed by atoms with Crippen LogP contribution < -0.4 is 5.73 Å². The van der Waals surface area contributed by atoms with Crippen LogP contribution in [0.3, 0.4) is 0 Å². The summed E-state index contributed by atoms with van der Waals surface area (Å²) >= 11 is 7.01. The van der Waals surface area contributed by atoms with E-state index in [2.05, 4.69) is 42.1 Å². The van der Waals surface area contributed by atoms with Gasteiger partial charge < -0.3 is 5.73 Å². The van der Waals surface area contributed by atoms with Crippen molar-refractivity contribution in [1.82, 2.24) is 14.8 Å². The van der Waals surface area contributed by atoms with Crippen LogP contribution in [0.5, 0.6) is 0 Å². The second-order valence-electron chi connectivity index (χ2n) is 4.47. The third-order valence-electron chi connectivity index (χ3n) is 3.05. The number of aromatic nitrogens is 3. The molecule has 3 rings (SSSR count). The Balaban J connectivity index is 2.22. The fourth-order valence-corrected chi connectivity index (χ4v) is 3.46. The quantitative estimate of drug-likeness (QED) is 0.715. The Kier molecular flexibility index (Phi) is 4.19. The van der Waals surface area contributed by atoms with E-state index in [1.54, 1.807) is 0 Å². The molecule has 0 radical (unpaired) electrons. The molecule has 0 spiro atoms. The molecule has 2 aromatic carbocycles. The zero-order valence-electron chi connectivity index (χ0n) is 11.0. The van der Waals surface area contributed by atoms with E-state index >= 15 is 0 Å². The van der Waals surface area contributed by atoms with E-state index in [1.165, 1.54) is 0 Å². The van der Waals surface area contributed by atoms with Crippen LogP contribution in [0.25, 0.3) is 17.1 Å². The third-order valence-corrected chi connectivity index (χ3v) is 3.96. The molecule has 0 saturated carbocycles. The number of nitrogens with zero attached hydrogens (tertiary/aromatic N) is 3. The first kappa shape index (κ1) is 14.4. The van der Waals surface area contributed by atoms with Gasteiger partial charge in [-0.15, -0.1) is 10.2 Å². The highest BCUT2D eigenvalue weighted by Crippen LogP contribution is 2.28. The van der Waals surface area contributed by atoms with Gasteiger partial charge in [0.1, 0.15) is 0 Å². The van der Waals surface area contributed by atoms with Crippen LogP contribution in [-0.4, -0.2) is 14.8 Å². The summed E-state index contributed by atoms with van der Waals surface area (Å²) in [6, 6.07) is 16.0. The molecule has 0 amide bonds. The summed E-state index contributed by atoms with van der Waals surface area (Å²) in [5, 5.41) is 8.51. The summed E-state index contributed by atoms with van der Waals surface area (Å²) in [6.07, 6.45) is 0. The van der Waals surface area contributed by atoms with Crippen LogP contribution in [-0.2, 0) is 6.54 Å². The molecule has 0 unspecified atom stereocenters. The lowest BCUT2D eigenvalue weighted by Crippen LogP contribution is -2.07. The Hall–Kier alpha value is -1.50. The largest absolute Gasteiger partial charge is 0.324 e. The van der Waals surface area contributed by atoms with Crippen LogP contribution in [0.1, 0.15) is 5.82 Å². The predicted molar refractivity (Wildman–Crippen MR) is 90.1 cm³/mol. The molecule has 1 heterocycles. The summed E-state index contributed by atoms with van der Waals surface area (Å²) in [7, 11) is 0. The van der Waals surface area contributed by atoms with Gasteiger partial charge in [-0.3, -0.25) is 4.57 Å². The Bertz CT molecular complexity index is 748. The Morgan fingerprint density at radius 2 is 1.62 bits per heavy atom. The number of para-hydroxylation sites is 1. The molecule has 2 N–H and O–H groups in total. The Morgan fingerprint density at radius 3 is 2.24 bits per heavy atom. The molecule has 106 valence electrons. The molecule has 0 fully saturated rings. The SMILES string of the molecule is NCc1nnc(-c2cc(Br)cc(Br)c2)n1-c1ccccc1. The summed E-state index contributed by atoms with van der Waals surface area (Å²) in [5.41, 5.74) is 7.76. The molecule has 1 aromatic heterocycles. The van der Waals surface area contributed by atoms with Crippen molar-refractivity contribution in [2.45, 2.75) is 6.54 Å². The van der Waals surface area contributed by atoms with Crippen LogP contribution >= 0.6 is 31.9 Å². The van der Waals surface area contributed by atoms with Crippen LogP contribution in [0.4, 0.5) is 0 Å². The average Bonchev–Trinajstić information content (AvgIpc) is 2.91. The minimum Gasteiger partial charge on any atom is -0.324 e. The minimum atomic E-state index is 0.330. The maximum atomic E-state index is 5.80. The normalized spacial score (nSPS) is 10.8. The van der Waals surface area contributed by atoms with Gasteiger partial charge in [0.15, 0.2) is 11.6 Å². The second-order valence-corrected chi connectivity index (χ2v) is 6.30. The van der Waals surface area contributed by atoms with Crippen molar-refractivity contribution < 1.29 is 0 Å². The molecule has 6 heteroatoms. The molecule has 0 aliphatic rings. The third kappa shape index (κ3) is 2.92. The van der Waals surface area contributed by atoms with Crippen LogP contribution in [0.2, 0.25) is 0 Å². The fourth-order valence-electron chi connectivity index (χ4n) is 2.17. The van der Waals surface area contributed by atoms with E-state index in [0.29, 0.717) is 6.54 Å². The highest BCUT2D eigenvalue weighted by molar-refractivity contribution is 9.11. The van der Waals surface area contributed by atoms with E-state index in [0.717, 1.165) is 31.8 Å².